The van der Waals surface area contributed by atoms with Gasteiger partial charge in [0.1, 0.15) is 0 Å². The summed E-state index contributed by atoms with van der Waals surface area (Å²) < 4.78 is 4.94. The molecular formula is C13H17N3O5. The van der Waals surface area contributed by atoms with Crippen molar-refractivity contribution in [2.75, 3.05) is 20.8 Å². The van der Waals surface area contributed by atoms with E-state index in [1.165, 1.54) is 19.2 Å². The fourth-order valence-corrected chi connectivity index (χ4v) is 1.92. The molecule has 0 fully saturated rings. The summed E-state index contributed by atoms with van der Waals surface area (Å²) in [6, 6.07) is 2.57. The van der Waals surface area contributed by atoms with Crippen molar-refractivity contribution in [2.24, 2.45) is 0 Å². The van der Waals surface area contributed by atoms with E-state index in [1.807, 2.05) is 0 Å². The number of allylic oxidation sites excluding steroid dienone is 1. The summed E-state index contributed by atoms with van der Waals surface area (Å²) in [5.41, 5.74) is 0.946. The van der Waals surface area contributed by atoms with Crippen LogP contribution in [0, 0.1) is 15.5 Å². The zero-order chi connectivity index (χ0) is 16.0. The van der Waals surface area contributed by atoms with Crippen molar-refractivity contribution in [3.05, 3.63) is 39.1 Å². The van der Waals surface area contributed by atoms with Gasteiger partial charge < -0.3 is 25.7 Å². The van der Waals surface area contributed by atoms with Crippen molar-refractivity contribution in [1.82, 2.24) is 5.32 Å². The molecular weight excluding hydrogens is 278 g/mol. The highest BCUT2D eigenvalue weighted by Crippen LogP contribution is 2.33. The van der Waals surface area contributed by atoms with E-state index in [2.05, 4.69) is 5.32 Å². The van der Waals surface area contributed by atoms with Crippen molar-refractivity contribution in [1.29, 1.82) is 5.41 Å². The third kappa shape index (κ3) is 3.36. The highest BCUT2D eigenvalue weighted by molar-refractivity contribution is 6.10. The summed E-state index contributed by atoms with van der Waals surface area (Å²) in [6.07, 6.45) is 0.965. The summed E-state index contributed by atoms with van der Waals surface area (Å²) >= 11 is 0. The number of nitrogens with one attached hydrogen (secondary N) is 2. The first kappa shape index (κ1) is 16.6. The number of nitrogens with zero attached hydrogens (tertiary/aromatic N) is 1. The zero-order valence-corrected chi connectivity index (χ0v) is 11.7. The maximum absolute atomic E-state index is 11.1. The lowest BCUT2D eigenvalue weighted by Gasteiger charge is -2.14. The van der Waals surface area contributed by atoms with E-state index in [9.17, 15) is 20.3 Å². The molecule has 0 aliphatic heterocycles. The molecule has 0 amide bonds. The number of nitro groups is 1. The van der Waals surface area contributed by atoms with Crippen LogP contribution in [-0.2, 0) is 6.61 Å². The fraction of sp³-hybridized carbons (Fsp3) is 0.308. The standard InChI is InChI=1S/C13H17N3O5/c1-15-11(7-18)10(5-14)9-4-12(16(19)20)13(21-2)3-8(9)6-17/h3-5,14-15,17-18H,6-7H2,1-2H3/b11-10+,14-5?. The minimum Gasteiger partial charge on any atom is -0.490 e. The first-order valence-electron chi connectivity index (χ1n) is 6.02. The Morgan fingerprint density at radius 2 is 2.19 bits per heavy atom. The van der Waals surface area contributed by atoms with Crippen LogP contribution in [0.15, 0.2) is 17.8 Å². The van der Waals surface area contributed by atoms with E-state index in [0.717, 1.165) is 6.21 Å². The molecule has 1 aromatic rings. The molecule has 0 aliphatic carbocycles. The van der Waals surface area contributed by atoms with Gasteiger partial charge in [-0.05, 0) is 17.2 Å². The number of benzene rings is 1. The van der Waals surface area contributed by atoms with E-state index < -0.39 is 4.92 Å². The average Bonchev–Trinajstić information content (AvgIpc) is 2.51. The molecule has 0 unspecified atom stereocenters. The van der Waals surface area contributed by atoms with E-state index in [4.69, 9.17) is 10.1 Å². The smallest absolute Gasteiger partial charge is 0.311 e. The lowest BCUT2D eigenvalue weighted by atomic mass is 9.97. The Balaban J connectivity index is 3.67. The van der Waals surface area contributed by atoms with Crippen molar-refractivity contribution in [3.8, 4) is 5.75 Å². The van der Waals surface area contributed by atoms with Crippen molar-refractivity contribution in [2.45, 2.75) is 6.61 Å². The molecule has 0 aliphatic rings. The monoisotopic (exact) mass is 295 g/mol. The molecule has 0 saturated heterocycles. The molecule has 4 N–H and O–H groups in total. The highest BCUT2D eigenvalue weighted by atomic mass is 16.6. The van der Waals surface area contributed by atoms with Crippen LogP contribution < -0.4 is 10.1 Å². The SMILES string of the molecule is CN/C(CO)=C(\C=N)c1cc([N+](=O)[O-])c(OC)cc1CO. The van der Waals surface area contributed by atoms with Crippen molar-refractivity contribution < 1.29 is 19.9 Å². The number of methoxy groups -OCH3 is 1. The third-order valence-electron chi connectivity index (χ3n) is 2.99. The van der Waals surface area contributed by atoms with Crippen LogP contribution in [0.4, 0.5) is 5.69 Å². The molecule has 21 heavy (non-hydrogen) atoms. The number of ether oxygens (including phenoxy) is 1. The quantitative estimate of drug-likeness (QED) is 0.332. The summed E-state index contributed by atoms with van der Waals surface area (Å²) in [4.78, 5) is 10.5. The van der Waals surface area contributed by atoms with Crippen LogP contribution in [0.2, 0.25) is 0 Å². The first-order valence-corrected chi connectivity index (χ1v) is 6.02. The molecule has 1 rings (SSSR count). The van der Waals surface area contributed by atoms with Crippen molar-refractivity contribution >= 4 is 17.5 Å². The molecule has 0 radical (unpaired) electrons. The molecule has 0 heterocycles. The van der Waals surface area contributed by atoms with Gasteiger partial charge in [0.15, 0.2) is 5.75 Å². The number of likely N-dealkylation sites (N-methyl/N-ethyl adjacent to an activating group) is 1. The minimum atomic E-state index is -0.608. The predicted octanol–water partition coefficient (Wildman–Crippen LogP) is 0.668. The Kier molecular flexibility index (Phi) is 5.82. The van der Waals surface area contributed by atoms with Crippen LogP contribution in [0.25, 0.3) is 5.57 Å². The minimum absolute atomic E-state index is 0.0205. The Bertz CT molecular complexity index is 577. The normalized spacial score (nSPS) is 11.6. The summed E-state index contributed by atoms with van der Waals surface area (Å²) in [5.74, 6) is 0.0205. The molecule has 114 valence electrons. The largest absolute Gasteiger partial charge is 0.490 e. The predicted molar refractivity (Wildman–Crippen MR) is 77.4 cm³/mol. The van der Waals surface area contributed by atoms with Crippen LogP contribution in [0.1, 0.15) is 11.1 Å². The number of nitro benzene ring substituents is 1. The van der Waals surface area contributed by atoms with E-state index >= 15 is 0 Å². The first-order chi connectivity index (χ1) is 10.0. The number of aliphatic hydroxyl groups excluding tert-OH is 2. The second kappa shape index (κ2) is 7.36. The number of hydrogen-bond donors (Lipinski definition) is 4. The molecule has 0 atom stereocenters. The van der Waals surface area contributed by atoms with Crippen molar-refractivity contribution in [3.63, 3.8) is 0 Å². The second-order valence-corrected chi connectivity index (χ2v) is 4.04. The van der Waals surface area contributed by atoms with Gasteiger partial charge in [-0.15, -0.1) is 0 Å². The second-order valence-electron chi connectivity index (χ2n) is 4.04. The van der Waals surface area contributed by atoms with Gasteiger partial charge in [0.2, 0.25) is 0 Å². The van der Waals surface area contributed by atoms with Gasteiger partial charge >= 0.3 is 5.69 Å². The highest BCUT2D eigenvalue weighted by Gasteiger charge is 2.21. The van der Waals surface area contributed by atoms with Crippen LogP contribution in [0.3, 0.4) is 0 Å². The number of hydrogen-bond acceptors (Lipinski definition) is 7. The molecule has 0 aromatic heterocycles. The molecule has 0 bridgehead atoms. The Hall–Kier alpha value is -2.45. The molecule has 0 spiro atoms. The zero-order valence-electron chi connectivity index (χ0n) is 11.7. The molecule has 1 aromatic carbocycles. The molecule has 8 heteroatoms. The average molecular weight is 295 g/mol. The van der Waals surface area contributed by atoms with E-state index in [1.54, 1.807) is 7.05 Å². The molecule has 8 nitrogen and oxygen atoms in total. The summed E-state index contributed by atoms with van der Waals surface area (Å²) in [6.45, 7) is -0.755. The maximum atomic E-state index is 11.1. The topological polar surface area (TPSA) is 129 Å². The number of aliphatic hydroxyl groups is 2. The van der Waals surface area contributed by atoms with Gasteiger partial charge in [0, 0.05) is 30.6 Å². The van der Waals surface area contributed by atoms with Crippen LogP contribution >= 0.6 is 0 Å². The summed E-state index contributed by atoms with van der Waals surface area (Å²) in [5, 5.41) is 40.0. The lowest BCUT2D eigenvalue weighted by molar-refractivity contribution is -0.385. The Labute approximate surface area is 121 Å². The lowest BCUT2D eigenvalue weighted by Crippen LogP contribution is -2.14. The summed E-state index contributed by atoms with van der Waals surface area (Å²) in [7, 11) is 2.86. The number of rotatable bonds is 7. The van der Waals surface area contributed by atoms with Gasteiger partial charge in [-0.25, -0.2) is 0 Å². The van der Waals surface area contributed by atoms with E-state index in [0.29, 0.717) is 16.8 Å². The third-order valence-corrected chi connectivity index (χ3v) is 2.99. The van der Waals surface area contributed by atoms with Gasteiger partial charge in [0.05, 0.1) is 25.2 Å². The molecule has 0 saturated carbocycles. The maximum Gasteiger partial charge on any atom is 0.311 e. The van der Waals surface area contributed by atoms with Crippen LogP contribution in [0.5, 0.6) is 5.75 Å². The fourth-order valence-electron chi connectivity index (χ4n) is 1.92. The Morgan fingerprint density at radius 3 is 2.57 bits per heavy atom. The van der Waals surface area contributed by atoms with E-state index in [-0.39, 0.29) is 30.2 Å². The van der Waals surface area contributed by atoms with Gasteiger partial charge in [0.25, 0.3) is 0 Å². The van der Waals surface area contributed by atoms with Gasteiger partial charge in [-0.2, -0.15) is 0 Å². The van der Waals surface area contributed by atoms with Gasteiger partial charge in [-0.3, -0.25) is 10.1 Å². The van der Waals surface area contributed by atoms with Crippen LogP contribution in [-0.4, -0.2) is 42.1 Å². The Morgan fingerprint density at radius 1 is 1.52 bits per heavy atom. The van der Waals surface area contributed by atoms with Gasteiger partial charge in [-0.1, -0.05) is 0 Å².